The van der Waals surface area contributed by atoms with Crippen LogP contribution in [0.3, 0.4) is 0 Å². The number of rotatable bonds is 6. The summed E-state index contributed by atoms with van der Waals surface area (Å²) in [6, 6.07) is 20.4. The minimum absolute atomic E-state index is 0.0116. The minimum Gasteiger partial charge on any atom is -0.455 e. The molecule has 8 heteroatoms. The molecule has 156 valence electrons. The van der Waals surface area contributed by atoms with E-state index in [1.54, 1.807) is 31.3 Å². The van der Waals surface area contributed by atoms with Crippen molar-refractivity contribution < 1.29 is 17.9 Å². The Hall–Kier alpha value is -2.87. The van der Waals surface area contributed by atoms with E-state index >= 15 is 0 Å². The summed E-state index contributed by atoms with van der Waals surface area (Å²) in [4.78, 5) is 14.6. The Balaban J connectivity index is 1.97. The van der Waals surface area contributed by atoms with E-state index in [1.165, 1.54) is 37.2 Å². The average Bonchev–Trinajstić information content (AvgIpc) is 2.74. The van der Waals surface area contributed by atoms with Crippen molar-refractivity contribution in [2.24, 2.45) is 0 Å². The van der Waals surface area contributed by atoms with Gasteiger partial charge in [-0.1, -0.05) is 41.9 Å². The van der Waals surface area contributed by atoms with Crippen LogP contribution in [0.15, 0.2) is 77.7 Å². The molecular weight excluding hydrogens is 424 g/mol. The molecule has 3 aromatic rings. The molecule has 3 rings (SSSR count). The number of carbonyl (C=O) groups excluding carboxylic acids is 1. The van der Waals surface area contributed by atoms with E-state index < -0.39 is 15.9 Å². The van der Waals surface area contributed by atoms with E-state index in [0.29, 0.717) is 17.2 Å². The predicted octanol–water partition coefficient (Wildman–Crippen LogP) is 4.66. The van der Waals surface area contributed by atoms with E-state index in [1.807, 2.05) is 30.3 Å². The topological polar surface area (TPSA) is 66.9 Å². The molecule has 0 spiro atoms. The zero-order valence-corrected chi connectivity index (χ0v) is 18.3. The maximum Gasteiger partial charge on any atom is 0.259 e. The van der Waals surface area contributed by atoms with Gasteiger partial charge in [-0.05, 0) is 42.5 Å². The average molecular weight is 445 g/mol. The highest BCUT2D eigenvalue weighted by Crippen LogP contribution is 2.33. The SMILES string of the molecule is CN(C(=O)c1cc(S(=O)(=O)N(C)C)ccc1Cl)c1ccccc1Oc1ccccc1. The fourth-order valence-corrected chi connectivity index (χ4v) is 3.89. The maximum atomic E-state index is 13.2. The Labute approximate surface area is 181 Å². The van der Waals surface area contributed by atoms with Crippen LogP contribution in [0.5, 0.6) is 11.5 Å². The summed E-state index contributed by atoms with van der Waals surface area (Å²) in [5.74, 6) is 0.649. The summed E-state index contributed by atoms with van der Waals surface area (Å²) in [5, 5.41) is 0.158. The number of sulfonamides is 1. The molecule has 0 N–H and O–H groups in total. The van der Waals surface area contributed by atoms with Crippen LogP contribution >= 0.6 is 11.6 Å². The van der Waals surface area contributed by atoms with Crippen molar-refractivity contribution in [1.29, 1.82) is 0 Å². The van der Waals surface area contributed by atoms with Crippen molar-refractivity contribution in [3.8, 4) is 11.5 Å². The molecule has 0 aliphatic rings. The standard InChI is InChI=1S/C22H21ClN2O4S/c1-24(2)30(27,28)17-13-14-19(23)18(15-17)22(26)25(3)20-11-7-8-12-21(20)29-16-9-5-4-6-10-16/h4-15H,1-3H3. The summed E-state index contributed by atoms with van der Waals surface area (Å²) in [5.41, 5.74) is 0.597. The molecule has 1 amide bonds. The lowest BCUT2D eigenvalue weighted by Gasteiger charge is -2.22. The zero-order chi connectivity index (χ0) is 21.9. The third-order valence-electron chi connectivity index (χ3n) is 4.45. The van der Waals surface area contributed by atoms with Crippen LogP contribution in [0.1, 0.15) is 10.4 Å². The number of amides is 1. The van der Waals surface area contributed by atoms with Gasteiger partial charge in [0.2, 0.25) is 10.0 Å². The molecule has 30 heavy (non-hydrogen) atoms. The number of hydrogen-bond acceptors (Lipinski definition) is 4. The molecule has 0 unspecified atom stereocenters. The van der Waals surface area contributed by atoms with E-state index in [4.69, 9.17) is 16.3 Å². The number of nitrogens with zero attached hydrogens (tertiary/aromatic N) is 2. The van der Waals surface area contributed by atoms with Crippen molar-refractivity contribution in [3.05, 3.63) is 83.4 Å². The number of carbonyl (C=O) groups is 1. The van der Waals surface area contributed by atoms with Gasteiger partial charge in [0, 0.05) is 21.1 Å². The minimum atomic E-state index is -3.71. The molecular formula is C22H21ClN2O4S. The van der Waals surface area contributed by atoms with Crippen molar-refractivity contribution in [3.63, 3.8) is 0 Å². The first-order valence-corrected chi connectivity index (χ1v) is 10.9. The Morgan fingerprint density at radius 3 is 2.20 bits per heavy atom. The molecule has 0 aromatic heterocycles. The van der Waals surface area contributed by atoms with Crippen LogP contribution in [-0.2, 0) is 10.0 Å². The van der Waals surface area contributed by atoms with Crippen LogP contribution in [0.2, 0.25) is 5.02 Å². The van der Waals surface area contributed by atoms with Gasteiger partial charge in [0.1, 0.15) is 5.75 Å². The second-order valence-corrected chi connectivity index (χ2v) is 9.24. The Morgan fingerprint density at radius 2 is 1.53 bits per heavy atom. The fraction of sp³-hybridized carbons (Fsp3) is 0.136. The second-order valence-electron chi connectivity index (χ2n) is 6.68. The molecule has 0 atom stereocenters. The lowest BCUT2D eigenvalue weighted by molar-refractivity contribution is 0.0992. The van der Waals surface area contributed by atoms with Crippen LogP contribution in [0, 0.1) is 0 Å². The largest absolute Gasteiger partial charge is 0.455 e. The smallest absolute Gasteiger partial charge is 0.259 e. The summed E-state index contributed by atoms with van der Waals surface area (Å²) in [6.07, 6.45) is 0. The first-order valence-electron chi connectivity index (χ1n) is 9.04. The van der Waals surface area contributed by atoms with Crippen LogP contribution in [0.25, 0.3) is 0 Å². The third-order valence-corrected chi connectivity index (χ3v) is 6.59. The third kappa shape index (κ3) is 4.48. The number of ether oxygens (including phenoxy) is 1. The van der Waals surface area contributed by atoms with Gasteiger partial charge >= 0.3 is 0 Å². The normalized spacial score (nSPS) is 11.4. The quantitative estimate of drug-likeness (QED) is 0.554. The van der Waals surface area contributed by atoms with Crippen LogP contribution in [0.4, 0.5) is 5.69 Å². The molecule has 0 heterocycles. The highest BCUT2D eigenvalue weighted by molar-refractivity contribution is 7.89. The molecule has 0 bridgehead atoms. The number of hydrogen-bond donors (Lipinski definition) is 0. The molecule has 0 saturated carbocycles. The molecule has 0 aliphatic heterocycles. The Kier molecular flexibility index (Phi) is 6.45. The van der Waals surface area contributed by atoms with Crippen molar-refractivity contribution >= 4 is 33.2 Å². The van der Waals surface area contributed by atoms with Gasteiger partial charge in [-0.2, -0.15) is 0 Å². The molecule has 0 saturated heterocycles. The first kappa shape index (κ1) is 21.8. The monoisotopic (exact) mass is 444 g/mol. The highest BCUT2D eigenvalue weighted by Gasteiger charge is 2.24. The van der Waals surface area contributed by atoms with Crippen LogP contribution < -0.4 is 9.64 Å². The van der Waals surface area contributed by atoms with Gasteiger partial charge in [0.05, 0.1) is 21.2 Å². The second kappa shape index (κ2) is 8.87. The fourth-order valence-electron chi connectivity index (χ4n) is 2.77. The number of halogens is 1. The summed E-state index contributed by atoms with van der Waals surface area (Å²) in [6.45, 7) is 0. The zero-order valence-electron chi connectivity index (χ0n) is 16.7. The summed E-state index contributed by atoms with van der Waals surface area (Å²) >= 11 is 6.23. The lowest BCUT2D eigenvalue weighted by Crippen LogP contribution is -2.28. The number of benzene rings is 3. The van der Waals surface area contributed by atoms with Gasteiger partial charge in [0.15, 0.2) is 5.75 Å². The predicted molar refractivity (Wildman–Crippen MR) is 118 cm³/mol. The molecule has 3 aromatic carbocycles. The summed E-state index contributed by atoms with van der Waals surface area (Å²) in [7, 11) is 0.723. The number of para-hydroxylation sites is 3. The van der Waals surface area contributed by atoms with Crippen molar-refractivity contribution in [2.45, 2.75) is 4.90 Å². The lowest BCUT2D eigenvalue weighted by atomic mass is 10.1. The van der Waals surface area contributed by atoms with Gasteiger partial charge < -0.3 is 9.64 Å². The van der Waals surface area contributed by atoms with E-state index in [-0.39, 0.29) is 15.5 Å². The van der Waals surface area contributed by atoms with Gasteiger partial charge in [-0.3, -0.25) is 4.79 Å². The molecule has 0 aliphatic carbocycles. The Morgan fingerprint density at radius 1 is 0.900 bits per heavy atom. The molecule has 6 nitrogen and oxygen atoms in total. The van der Waals surface area contributed by atoms with E-state index in [0.717, 1.165) is 4.31 Å². The Bertz CT molecular complexity index is 1160. The summed E-state index contributed by atoms with van der Waals surface area (Å²) < 4.78 is 31.9. The molecule has 0 fully saturated rings. The molecule has 0 radical (unpaired) electrons. The maximum absolute atomic E-state index is 13.2. The first-order chi connectivity index (χ1) is 14.2. The van der Waals surface area contributed by atoms with E-state index in [9.17, 15) is 13.2 Å². The van der Waals surface area contributed by atoms with Crippen molar-refractivity contribution in [1.82, 2.24) is 4.31 Å². The highest BCUT2D eigenvalue weighted by atomic mass is 35.5. The van der Waals surface area contributed by atoms with Crippen molar-refractivity contribution in [2.75, 3.05) is 26.0 Å². The van der Waals surface area contributed by atoms with Gasteiger partial charge in [-0.15, -0.1) is 0 Å². The van der Waals surface area contributed by atoms with Gasteiger partial charge in [0.25, 0.3) is 5.91 Å². The van der Waals surface area contributed by atoms with E-state index in [2.05, 4.69) is 0 Å². The number of anilines is 1. The van der Waals surface area contributed by atoms with Gasteiger partial charge in [-0.25, -0.2) is 12.7 Å². The van der Waals surface area contributed by atoms with Crippen LogP contribution in [-0.4, -0.2) is 39.8 Å².